The Morgan fingerprint density at radius 1 is 1.00 bits per heavy atom. The maximum Gasteiger partial charge on any atom is 0.227 e. The highest BCUT2D eigenvalue weighted by Gasteiger charge is 2.40. The van der Waals surface area contributed by atoms with Gasteiger partial charge < -0.3 is 14.4 Å². The molecule has 0 unspecified atom stereocenters. The third kappa shape index (κ3) is 3.44. The lowest BCUT2D eigenvalue weighted by Gasteiger charge is -2.35. The molecule has 28 heavy (non-hydrogen) atoms. The molecule has 2 atom stereocenters. The highest BCUT2D eigenvalue weighted by atomic mass is 16.6. The van der Waals surface area contributed by atoms with Crippen molar-refractivity contribution in [3.8, 4) is 11.5 Å². The fourth-order valence-electron chi connectivity index (χ4n) is 4.58. The molecule has 6 nitrogen and oxygen atoms in total. The third-order valence-electron chi connectivity index (χ3n) is 5.94. The summed E-state index contributed by atoms with van der Waals surface area (Å²) in [6.07, 6.45) is 3.85. The van der Waals surface area contributed by atoms with Crippen LogP contribution in [0.25, 0.3) is 0 Å². The Labute approximate surface area is 165 Å². The first kappa shape index (κ1) is 17.5. The molecule has 1 amide bonds. The standard InChI is InChI=1S/C22H25N3O3/c26-22-17-5-6-19(25(22)14-18-3-1-2-8-23-18)15-24(13-17)12-16-4-7-20-21(11-16)28-10-9-27-20/h1-4,7-8,11,17,19H,5-6,9-10,12-15H2/t17-,19+/m0/s1. The van der Waals surface area contributed by atoms with Crippen molar-refractivity contribution >= 4 is 5.91 Å². The van der Waals surface area contributed by atoms with Crippen LogP contribution in [0.1, 0.15) is 24.1 Å². The van der Waals surface area contributed by atoms with Crippen LogP contribution < -0.4 is 9.47 Å². The van der Waals surface area contributed by atoms with Crippen LogP contribution in [0.4, 0.5) is 0 Å². The summed E-state index contributed by atoms with van der Waals surface area (Å²) in [6.45, 7) is 4.37. The Bertz CT molecular complexity index is 857. The molecular formula is C22H25N3O3. The molecule has 0 saturated carbocycles. The zero-order valence-electron chi connectivity index (χ0n) is 15.9. The molecule has 0 aliphatic carbocycles. The van der Waals surface area contributed by atoms with Crippen LogP contribution in [-0.2, 0) is 17.9 Å². The monoisotopic (exact) mass is 379 g/mol. The van der Waals surface area contributed by atoms with Crippen molar-refractivity contribution < 1.29 is 14.3 Å². The lowest BCUT2D eigenvalue weighted by Crippen LogP contribution is -2.47. The van der Waals surface area contributed by atoms with Gasteiger partial charge in [0.25, 0.3) is 0 Å². The average molecular weight is 379 g/mol. The number of hydrogen-bond acceptors (Lipinski definition) is 5. The number of rotatable bonds is 4. The van der Waals surface area contributed by atoms with E-state index in [0.717, 1.165) is 49.7 Å². The van der Waals surface area contributed by atoms with Crippen LogP contribution in [0.3, 0.4) is 0 Å². The summed E-state index contributed by atoms with van der Waals surface area (Å²) < 4.78 is 11.3. The van der Waals surface area contributed by atoms with E-state index in [2.05, 4.69) is 26.9 Å². The third-order valence-corrected chi connectivity index (χ3v) is 5.94. The fraction of sp³-hybridized carbons (Fsp3) is 0.455. The minimum Gasteiger partial charge on any atom is -0.486 e. The summed E-state index contributed by atoms with van der Waals surface area (Å²) in [7, 11) is 0. The number of amides is 1. The molecule has 2 bridgehead atoms. The topological polar surface area (TPSA) is 54.9 Å². The van der Waals surface area contributed by atoms with Crippen LogP contribution in [0.5, 0.6) is 11.5 Å². The number of nitrogens with zero attached hydrogens (tertiary/aromatic N) is 3. The summed E-state index contributed by atoms with van der Waals surface area (Å²) >= 11 is 0. The maximum atomic E-state index is 13.0. The molecule has 3 saturated heterocycles. The summed E-state index contributed by atoms with van der Waals surface area (Å²) in [4.78, 5) is 21.9. The van der Waals surface area contributed by atoms with Crippen molar-refractivity contribution in [3.05, 3.63) is 53.9 Å². The first-order valence-corrected chi connectivity index (χ1v) is 10.1. The molecule has 0 radical (unpaired) electrons. The number of carbonyl (C=O) groups is 1. The van der Waals surface area contributed by atoms with Crippen molar-refractivity contribution in [1.82, 2.24) is 14.8 Å². The number of carbonyl (C=O) groups excluding carboxylic acids is 1. The first-order chi connectivity index (χ1) is 13.8. The first-order valence-electron chi connectivity index (χ1n) is 10.1. The van der Waals surface area contributed by atoms with Crippen molar-refractivity contribution in [3.63, 3.8) is 0 Å². The van der Waals surface area contributed by atoms with Crippen molar-refractivity contribution in [2.45, 2.75) is 32.0 Å². The highest BCUT2D eigenvalue weighted by Crippen LogP contribution is 2.33. The van der Waals surface area contributed by atoms with E-state index >= 15 is 0 Å². The van der Waals surface area contributed by atoms with E-state index in [1.165, 1.54) is 5.56 Å². The molecule has 0 spiro atoms. The smallest absolute Gasteiger partial charge is 0.227 e. The molecule has 2 aromatic rings. The van der Waals surface area contributed by atoms with Crippen molar-refractivity contribution in [2.75, 3.05) is 26.3 Å². The Hall–Kier alpha value is -2.60. The van der Waals surface area contributed by atoms with Crippen LogP contribution in [-0.4, -0.2) is 53.0 Å². The number of ether oxygens (including phenoxy) is 2. The fourth-order valence-corrected chi connectivity index (χ4v) is 4.58. The zero-order valence-corrected chi connectivity index (χ0v) is 15.9. The van der Waals surface area contributed by atoms with Gasteiger partial charge in [0.2, 0.25) is 5.91 Å². The normalized spacial score (nSPS) is 24.3. The number of fused-ring (bicyclic) bond motifs is 5. The molecule has 1 aromatic carbocycles. The molecule has 1 aromatic heterocycles. The van der Waals surface area contributed by atoms with E-state index < -0.39 is 0 Å². The van der Waals surface area contributed by atoms with Gasteiger partial charge in [-0.3, -0.25) is 14.7 Å². The number of benzene rings is 1. The molecular weight excluding hydrogens is 354 g/mol. The van der Waals surface area contributed by atoms with Gasteiger partial charge in [0.1, 0.15) is 13.2 Å². The van der Waals surface area contributed by atoms with Gasteiger partial charge >= 0.3 is 0 Å². The van der Waals surface area contributed by atoms with Gasteiger partial charge in [0, 0.05) is 31.9 Å². The van der Waals surface area contributed by atoms with E-state index in [4.69, 9.17) is 9.47 Å². The summed E-state index contributed by atoms with van der Waals surface area (Å²) in [6, 6.07) is 12.3. The Morgan fingerprint density at radius 2 is 1.89 bits per heavy atom. The number of hydrogen-bond donors (Lipinski definition) is 0. The van der Waals surface area contributed by atoms with Crippen LogP contribution in [0, 0.1) is 5.92 Å². The zero-order chi connectivity index (χ0) is 18.9. The highest BCUT2D eigenvalue weighted by molar-refractivity contribution is 5.80. The van der Waals surface area contributed by atoms with Gasteiger partial charge in [0.05, 0.1) is 18.2 Å². The molecule has 6 heteroatoms. The van der Waals surface area contributed by atoms with E-state index in [1.807, 2.05) is 24.3 Å². The predicted molar refractivity (Wildman–Crippen MR) is 104 cm³/mol. The van der Waals surface area contributed by atoms with Crippen molar-refractivity contribution in [2.24, 2.45) is 5.92 Å². The van der Waals surface area contributed by atoms with Crippen molar-refractivity contribution in [1.29, 1.82) is 0 Å². The van der Waals surface area contributed by atoms with E-state index in [1.54, 1.807) is 6.20 Å². The largest absolute Gasteiger partial charge is 0.486 e. The summed E-state index contributed by atoms with van der Waals surface area (Å²) in [5.41, 5.74) is 2.16. The lowest BCUT2D eigenvalue weighted by atomic mass is 9.94. The second-order valence-electron chi connectivity index (χ2n) is 7.89. The van der Waals surface area contributed by atoms with Gasteiger partial charge in [-0.05, 0) is 42.7 Å². The van der Waals surface area contributed by atoms with E-state index in [9.17, 15) is 4.79 Å². The Kier molecular flexibility index (Phi) is 4.64. The number of piperidine rings is 1. The molecule has 4 aliphatic heterocycles. The van der Waals surface area contributed by atoms with E-state index in [-0.39, 0.29) is 17.9 Å². The van der Waals surface area contributed by atoms with Gasteiger partial charge in [-0.2, -0.15) is 0 Å². The maximum absolute atomic E-state index is 13.0. The SMILES string of the molecule is O=C1[C@H]2CC[C@H](CN(Cc3ccc4c(c3)OCCO4)C2)N1Cc1ccccn1. The van der Waals surface area contributed by atoms with Gasteiger partial charge in [-0.15, -0.1) is 0 Å². The van der Waals surface area contributed by atoms with E-state index in [0.29, 0.717) is 19.8 Å². The molecule has 0 N–H and O–H groups in total. The van der Waals surface area contributed by atoms with Gasteiger partial charge in [0.15, 0.2) is 11.5 Å². The minimum atomic E-state index is 0.0830. The predicted octanol–water partition coefficient (Wildman–Crippen LogP) is 2.48. The average Bonchev–Trinajstić information content (AvgIpc) is 3.00. The molecule has 6 rings (SSSR count). The quantitative estimate of drug-likeness (QED) is 0.817. The Balaban J connectivity index is 1.31. The minimum absolute atomic E-state index is 0.0830. The second-order valence-corrected chi connectivity index (χ2v) is 7.89. The lowest BCUT2D eigenvalue weighted by molar-refractivity contribution is -0.140. The van der Waals surface area contributed by atoms with Gasteiger partial charge in [-0.25, -0.2) is 0 Å². The Morgan fingerprint density at radius 3 is 2.75 bits per heavy atom. The second kappa shape index (κ2) is 7.43. The molecule has 5 heterocycles. The van der Waals surface area contributed by atoms with Crippen LogP contribution in [0.15, 0.2) is 42.6 Å². The number of pyridine rings is 1. The van der Waals surface area contributed by atoms with Gasteiger partial charge in [-0.1, -0.05) is 12.1 Å². The summed E-state index contributed by atoms with van der Waals surface area (Å²) in [5, 5.41) is 0. The molecule has 146 valence electrons. The summed E-state index contributed by atoms with van der Waals surface area (Å²) in [5.74, 6) is 2.02. The van der Waals surface area contributed by atoms with Crippen LogP contribution >= 0.6 is 0 Å². The van der Waals surface area contributed by atoms with Crippen LogP contribution in [0.2, 0.25) is 0 Å². The number of aromatic nitrogens is 1. The molecule has 3 fully saturated rings. The molecule has 4 aliphatic rings.